The summed E-state index contributed by atoms with van der Waals surface area (Å²) in [5.41, 5.74) is 0.118. The quantitative estimate of drug-likeness (QED) is 0.197. The topological polar surface area (TPSA) is 208 Å². The van der Waals surface area contributed by atoms with E-state index in [4.69, 9.17) is 0 Å². The van der Waals surface area contributed by atoms with Crippen molar-refractivity contribution in [3.8, 4) is 5.75 Å². The number of rotatable bonds is 5. The predicted octanol–water partition coefficient (Wildman–Crippen LogP) is 4.47. The van der Waals surface area contributed by atoms with Crippen molar-refractivity contribution in [2.24, 2.45) is 10.2 Å². The highest BCUT2D eigenvalue weighted by molar-refractivity contribution is 7.86. The lowest BCUT2D eigenvalue weighted by atomic mass is 10.0. The summed E-state index contributed by atoms with van der Waals surface area (Å²) >= 11 is 0. The summed E-state index contributed by atoms with van der Waals surface area (Å²) in [6.45, 7) is 3.02. The highest BCUT2D eigenvalue weighted by Crippen LogP contribution is 2.42. The van der Waals surface area contributed by atoms with Gasteiger partial charge in [-0.3, -0.25) is 13.7 Å². The Morgan fingerprint density at radius 2 is 1.38 bits per heavy atom. The Balaban J connectivity index is 1.96. The van der Waals surface area contributed by atoms with E-state index in [9.17, 15) is 44.0 Å². The first-order valence-corrected chi connectivity index (χ1v) is 14.5. The third-order valence-electron chi connectivity index (χ3n) is 5.59. The fraction of sp³-hybridized carbons (Fsp3) is 0.0909. The van der Waals surface area contributed by atoms with Gasteiger partial charge in [-0.05, 0) is 60.7 Å². The molecule has 0 aliphatic heterocycles. The summed E-state index contributed by atoms with van der Waals surface area (Å²) in [7, 11) is -14.2. The van der Waals surface area contributed by atoms with Crippen molar-refractivity contribution in [2.75, 3.05) is 0 Å². The van der Waals surface area contributed by atoms with Crippen LogP contribution in [0.15, 0.2) is 73.4 Å². The third-order valence-corrected chi connectivity index (χ3v) is 8.28. The van der Waals surface area contributed by atoms with Crippen LogP contribution >= 0.6 is 0 Å². The number of hydrogen-bond donors (Lipinski definition) is 4. The minimum Gasteiger partial charge on any atom is -0.505 e. The van der Waals surface area contributed by atoms with Crippen LogP contribution < -0.4 is 0 Å². The first kappa shape index (κ1) is 26.6. The predicted molar refractivity (Wildman–Crippen MR) is 133 cm³/mol. The van der Waals surface area contributed by atoms with Crippen molar-refractivity contribution in [3.05, 3.63) is 59.7 Å². The van der Waals surface area contributed by atoms with Crippen molar-refractivity contribution in [3.63, 3.8) is 0 Å². The molecular weight excluding hydrogens is 548 g/mol. The van der Waals surface area contributed by atoms with E-state index in [2.05, 4.69) is 10.2 Å². The molecule has 4 rings (SSSR count). The number of phenols is 1. The molecule has 194 valence electrons. The molecule has 0 unspecified atom stereocenters. The maximum absolute atomic E-state index is 12.2. The number of azo groups is 1. The molecule has 0 aliphatic rings. The van der Waals surface area contributed by atoms with Crippen LogP contribution in [0.3, 0.4) is 0 Å². The van der Waals surface area contributed by atoms with Gasteiger partial charge in [0.2, 0.25) is 0 Å². The highest BCUT2D eigenvalue weighted by Gasteiger charge is 2.24. The van der Waals surface area contributed by atoms with Crippen LogP contribution in [0.1, 0.15) is 11.1 Å². The number of fused-ring (bicyclic) bond motifs is 2. The van der Waals surface area contributed by atoms with Crippen molar-refractivity contribution < 1.29 is 44.0 Å². The molecule has 0 atom stereocenters. The van der Waals surface area contributed by atoms with Gasteiger partial charge in [-0.2, -0.15) is 25.3 Å². The number of aromatic hydroxyl groups is 1. The van der Waals surface area contributed by atoms with Crippen molar-refractivity contribution >= 4 is 63.3 Å². The van der Waals surface area contributed by atoms with Crippen LogP contribution in [0.4, 0.5) is 11.4 Å². The zero-order valence-electron chi connectivity index (χ0n) is 19.0. The normalized spacial score (nSPS) is 13.1. The summed E-state index contributed by atoms with van der Waals surface area (Å²) in [5.74, 6) is -0.402. The molecule has 0 spiro atoms. The Morgan fingerprint density at radius 1 is 0.703 bits per heavy atom. The van der Waals surface area contributed by atoms with Crippen molar-refractivity contribution in [1.82, 2.24) is 0 Å². The molecule has 15 heteroatoms. The zero-order valence-corrected chi connectivity index (χ0v) is 21.4. The second-order valence-corrected chi connectivity index (χ2v) is 12.3. The van der Waals surface area contributed by atoms with E-state index in [1.807, 2.05) is 0 Å². The molecule has 4 N–H and O–H groups in total. The Morgan fingerprint density at radius 3 is 1.97 bits per heavy atom. The van der Waals surface area contributed by atoms with Crippen molar-refractivity contribution in [2.45, 2.75) is 28.5 Å². The fourth-order valence-corrected chi connectivity index (χ4v) is 6.21. The molecule has 0 aromatic heterocycles. The average Bonchev–Trinajstić information content (AvgIpc) is 2.75. The molecule has 12 nitrogen and oxygen atoms in total. The summed E-state index contributed by atoms with van der Waals surface area (Å²) < 4.78 is 99.7. The summed E-state index contributed by atoms with van der Waals surface area (Å²) in [6.07, 6.45) is 0. The first-order chi connectivity index (χ1) is 17.0. The van der Waals surface area contributed by atoms with Gasteiger partial charge in [0.05, 0.1) is 4.90 Å². The van der Waals surface area contributed by atoms with Crippen LogP contribution in [0.25, 0.3) is 21.5 Å². The van der Waals surface area contributed by atoms with E-state index in [1.165, 1.54) is 38.1 Å². The van der Waals surface area contributed by atoms with Gasteiger partial charge in [-0.25, -0.2) is 0 Å². The summed E-state index contributed by atoms with van der Waals surface area (Å²) in [5, 5.41) is 18.8. The lowest BCUT2D eigenvalue weighted by Crippen LogP contribution is -2.03. The summed E-state index contributed by atoms with van der Waals surface area (Å²) in [6, 6.07) is 9.48. The number of benzene rings is 4. The van der Waals surface area contributed by atoms with E-state index in [0.717, 1.165) is 24.3 Å². The number of hydrogen-bond acceptors (Lipinski definition) is 9. The zero-order chi connectivity index (χ0) is 27.5. The highest BCUT2D eigenvalue weighted by atomic mass is 32.2. The minimum atomic E-state index is -4.98. The number of nitrogens with zero attached hydrogens (tertiary/aromatic N) is 2. The van der Waals surface area contributed by atoms with Gasteiger partial charge >= 0.3 is 0 Å². The summed E-state index contributed by atoms with van der Waals surface area (Å²) in [4.78, 5) is -1.73. The molecule has 0 saturated carbocycles. The molecule has 0 saturated heterocycles. The van der Waals surface area contributed by atoms with E-state index in [-0.39, 0.29) is 37.8 Å². The standard InChI is InChI=1S/C22H18N2O10S3/c1-11-9-14(35(26,27)28)10-13-8-12(2)20(21(25)19(11)13)24-23-17-7-6-15-16(22(17)37(32,33)34)4-3-5-18(15)36(29,30)31/h3-10,25H,1-2H3,(H,26,27,28)(H,29,30,31)(H,32,33,34). The molecular formula is C22H18N2O10S3. The van der Waals surface area contributed by atoms with Crippen LogP contribution in [-0.2, 0) is 30.4 Å². The second kappa shape index (κ2) is 8.83. The Hall–Kier alpha value is -3.47. The van der Waals surface area contributed by atoms with Gasteiger partial charge in [0.1, 0.15) is 21.2 Å². The molecule has 0 aliphatic carbocycles. The number of aryl methyl sites for hydroxylation is 2. The van der Waals surface area contributed by atoms with E-state index >= 15 is 0 Å². The van der Waals surface area contributed by atoms with Crippen LogP contribution in [0.2, 0.25) is 0 Å². The van der Waals surface area contributed by atoms with Gasteiger partial charge < -0.3 is 5.11 Å². The van der Waals surface area contributed by atoms with Gasteiger partial charge in [0.15, 0.2) is 5.75 Å². The Kier molecular flexibility index (Phi) is 6.34. The minimum absolute atomic E-state index is 0.0942. The van der Waals surface area contributed by atoms with Crippen LogP contribution in [0, 0.1) is 13.8 Å². The molecule has 0 heterocycles. The smallest absolute Gasteiger partial charge is 0.297 e. The molecule has 0 radical (unpaired) electrons. The fourth-order valence-electron chi connectivity index (χ4n) is 4.07. The second-order valence-electron chi connectivity index (χ2n) is 8.12. The van der Waals surface area contributed by atoms with E-state index in [1.54, 1.807) is 0 Å². The third kappa shape index (κ3) is 4.92. The van der Waals surface area contributed by atoms with Gasteiger partial charge in [-0.15, -0.1) is 10.2 Å². The molecule has 37 heavy (non-hydrogen) atoms. The average molecular weight is 567 g/mol. The van der Waals surface area contributed by atoms with Crippen molar-refractivity contribution in [1.29, 1.82) is 0 Å². The van der Waals surface area contributed by atoms with Gasteiger partial charge in [0.25, 0.3) is 30.4 Å². The SMILES string of the molecule is Cc1cc2cc(S(=O)(=O)O)cc(C)c2c(O)c1N=Nc1ccc2c(S(=O)(=O)O)cccc2c1S(=O)(=O)O. The number of phenolic OH excluding ortho intramolecular Hbond substituents is 1. The van der Waals surface area contributed by atoms with E-state index in [0.29, 0.717) is 11.1 Å². The van der Waals surface area contributed by atoms with Gasteiger partial charge in [0, 0.05) is 16.2 Å². The molecule has 4 aromatic carbocycles. The van der Waals surface area contributed by atoms with Crippen LogP contribution in [0.5, 0.6) is 5.75 Å². The maximum atomic E-state index is 12.2. The molecule has 4 aromatic rings. The monoisotopic (exact) mass is 566 g/mol. The van der Waals surface area contributed by atoms with Gasteiger partial charge in [-0.1, -0.05) is 18.2 Å². The molecule has 0 bridgehead atoms. The largest absolute Gasteiger partial charge is 0.505 e. The van der Waals surface area contributed by atoms with E-state index < -0.39 is 45.9 Å². The molecule has 0 fully saturated rings. The van der Waals surface area contributed by atoms with Crippen LogP contribution in [-0.4, -0.2) is 44.0 Å². The molecule has 0 amide bonds. The maximum Gasteiger partial charge on any atom is 0.297 e. The Bertz CT molecular complexity index is 1980. The lowest BCUT2D eigenvalue weighted by Gasteiger charge is -2.12. The lowest BCUT2D eigenvalue weighted by molar-refractivity contribution is 0.479. The first-order valence-electron chi connectivity index (χ1n) is 10.2. The Labute approximate surface area is 211 Å².